The van der Waals surface area contributed by atoms with Crippen molar-refractivity contribution in [3.63, 3.8) is 0 Å². The van der Waals surface area contributed by atoms with Crippen LogP contribution >= 0.6 is 0 Å². The van der Waals surface area contributed by atoms with Crippen LogP contribution in [0, 0.1) is 10.1 Å². The van der Waals surface area contributed by atoms with Gasteiger partial charge in [-0.25, -0.2) is 0 Å². The van der Waals surface area contributed by atoms with Crippen LogP contribution in [0.15, 0.2) is 24.3 Å². The summed E-state index contributed by atoms with van der Waals surface area (Å²) in [7, 11) is 0. The number of aliphatic carboxylic acids is 1. The molecule has 0 heterocycles. The molecule has 0 spiro atoms. The fourth-order valence-corrected chi connectivity index (χ4v) is 1.08. The molecular formula is C9H10NNaO4. The topological polar surface area (TPSA) is 80.4 Å². The minimum Gasteiger partial charge on any atom is -1.00 e. The van der Waals surface area contributed by atoms with Crippen molar-refractivity contribution < 1.29 is 45.8 Å². The molecule has 1 aromatic rings. The third-order valence-electron chi connectivity index (χ3n) is 1.75. The minimum absolute atomic E-state index is 0. The SMILES string of the molecule is O=C(O)CCc1cccc([N+](=O)[O-])c1.[H-].[Na+]. The summed E-state index contributed by atoms with van der Waals surface area (Å²) < 4.78 is 0. The van der Waals surface area contributed by atoms with E-state index in [4.69, 9.17) is 5.11 Å². The van der Waals surface area contributed by atoms with Crippen molar-refractivity contribution in [3.05, 3.63) is 39.9 Å². The number of non-ortho nitro benzene ring substituents is 1. The number of rotatable bonds is 4. The number of hydrogen-bond donors (Lipinski definition) is 1. The molecule has 0 amide bonds. The molecule has 0 saturated heterocycles. The Morgan fingerprint density at radius 2 is 2.20 bits per heavy atom. The predicted molar refractivity (Wildman–Crippen MR) is 50.2 cm³/mol. The van der Waals surface area contributed by atoms with Crippen LogP contribution in [0.25, 0.3) is 0 Å². The normalized spacial score (nSPS) is 9.07. The Hall–Kier alpha value is -0.910. The molecule has 6 heteroatoms. The molecule has 15 heavy (non-hydrogen) atoms. The number of nitro benzene ring substituents is 1. The van der Waals surface area contributed by atoms with Crippen molar-refractivity contribution in [2.24, 2.45) is 0 Å². The Morgan fingerprint density at radius 3 is 2.73 bits per heavy atom. The zero-order valence-corrected chi connectivity index (χ0v) is 10.3. The van der Waals surface area contributed by atoms with Crippen molar-refractivity contribution in [3.8, 4) is 0 Å². The number of carbonyl (C=O) groups is 1. The van der Waals surface area contributed by atoms with Gasteiger partial charge in [-0.3, -0.25) is 14.9 Å². The number of aryl methyl sites for hydroxylation is 1. The van der Waals surface area contributed by atoms with E-state index < -0.39 is 10.9 Å². The fraction of sp³-hybridized carbons (Fsp3) is 0.222. The Labute approximate surface area is 110 Å². The monoisotopic (exact) mass is 219 g/mol. The summed E-state index contributed by atoms with van der Waals surface area (Å²) in [5.74, 6) is -0.906. The van der Waals surface area contributed by atoms with Gasteiger partial charge in [-0.2, -0.15) is 0 Å². The minimum atomic E-state index is -0.906. The van der Waals surface area contributed by atoms with Crippen LogP contribution in [0.5, 0.6) is 0 Å². The van der Waals surface area contributed by atoms with Crippen LogP contribution in [0.4, 0.5) is 5.69 Å². The Balaban J connectivity index is 0. The average molecular weight is 219 g/mol. The van der Waals surface area contributed by atoms with Crippen LogP contribution in [0.1, 0.15) is 13.4 Å². The van der Waals surface area contributed by atoms with Crippen molar-refractivity contribution in [2.75, 3.05) is 0 Å². The molecule has 0 aliphatic carbocycles. The van der Waals surface area contributed by atoms with Crippen molar-refractivity contribution in [1.82, 2.24) is 0 Å². The first-order valence-electron chi connectivity index (χ1n) is 4.04. The summed E-state index contributed by atoms with van der Waals surface area (Å²) in [6.07, 6.45) is 0.304. The smallest absolute Gasteiger partial charge is 1.00 e. The van der Waals surface area contributed by atoms with E-state index in [9.17, 15) is 14.9 Å². The largest absolute Gasteiger partial charge is 1.00 e. The quantitative estimate of drug-likeness (QED) is 0.389. The molecule has 0 fully saturated rings. The van der Waals surface area contributed by atoms with Gasteiger partial charge in [0.1, 0.15) is 0 Å². The molecular weight excluding hydrogens is 209 g/mol. The van der Waals surface area contributed by atoms with Crippen LogP contribution in [0.3, 0.4) is 0 Å². The van der Waals surface area contributed by atoms with Gasteiger partial charge in [0, 0.05) is 18.6 Å². The first-order valence-corrected chi connectivity index (χ1v) is 4.04. The van der Waals surface area contributed by atoms with Crippen LogP contribution in [-0.2, 0) is 11.2 Å². The van der Waals surface area contributed by atoms with Crippen LogP contribution in [0.2, 0.25) is 0 Å². The first kappa shape index (κ1) is 14.1. The summed E-state index contributed by atoms with van der Waals surface area (Å²) in [4.78, 5) is 20.1. The second kappa shape index (κ2) is 6.55. The van der Waals surface area contributed by atoms with Gasteiger partial charge in [0.2, 0.25) is 0 Å². The summed E-state index contributed by atoms with van der Waals surface area (Å²) in [5.41, 5.74) is 0.662. The van der Waals surface area contributed by atoms with E-state index in [0.717, 1.165) is 0 Å². The summed E-state index contributed by atoms with van der Waals surface area (Å²) >= 11 is 0. The average Bonchev–Trinajstić information content (AvgIpc) is 2.15. The Kier molecular flexibility index (Phi) is 6.15. The van der Waals surface area contributed by atoms with Crippen LogP contribution < -0.4 is 29.6 Å². The Bertz CT molecular complexity index is 372. The predicted octanol–water partition coefficient (Wildman–Crippen LogP) is -1.27. The number of nitro groups is 1. The van der Waals surface area contributed by atoms with Gasteiger partial charge < -0.3 is 6.53 Å². The standard InChI is InChI=1S/C9H9NO4.Na.H/c11-9(12)5-4-7-2-1-3-8(6-7)10(13)14;;/h1-3,6H,4-5H2,(H,11,12);;/q;+1;-1. The van der Waals surface area contributed by atoms with E-state index in [0.29, 0.717) is 12.0 Å². The molecule has 5 nitrogen and oxygen atoms in total. The van der Waals surface area contributed by atoms with E-state index in [1.807, 2.05) is 0 Å². The van der Waals surface area contributed by atoms with E-state index in [-0.39, 0.29) is 43.1 Å². The van der Waals surface area contributed by atoms with Gasteiger partial charge in [-0.15, -0.1) is 0 Å². The van der Waals surface area contributed by atoms with Gasteiger partial charge in [0.25, 0.3) is 5.69 Å². The van der Waals surface area contributed by atoms with E-state index in [1.54, 1.807) is 12.1 Å². The van der Waals surface area contributed by atoms with Gasteiger partial charge in [0.05, 0.1) is 4.92 Å². The summed E-state index contributed by atoms with van der Waals surface area (Å²) in [6.45, 7) is 0. The summed E-state index contributed by atoms with van der Waals surface area (Å²) in [5, 5.41) is 18.8. The van der Waals surface area contributed by atoms with Crippen LogP contribution in [-0.4, -0.2) is 16.0 Å². The number of hydrogen-bond acceptors (Lipinski definition) is 3. The number of carboxylic acid groups (broad SMARTS) is 1. The zero-order valence-electron chi connectivity index (χ0n) is 9.34. The molecule has 1 rings (SSSR count). The second-order valence-corrected chi connectivity index (χ2v) is 2.82. The molecule has 0 radical (unpaired) electrons. The zero-order chi connectivity index (χ0) is 10.6. The van der Waals surface area contributed by atoms with Gasteiger partial charge in [-0.1, -0.05) is 12.1 Å². The molecule has 0 aromatic heterocycles. The maximum atomic E-state index is 10.4. The summed E-state index contributed by atoms with van der Waals surface area (Å²) in [6, 6.07) is 6.00. The van der Waals surface area contributed by atoms with Gasteiger partial charge in [-0.05, 0) is 12.0 Å². The molecule has 0 bridgehead atoms. The molecule has 0 unspecified atom stereocenters. The molecule has 1 aromatic carbocycles. The van der Waals surface area contributed by atoms with Crippen molar-refractivity contribution >= 4 is 11.7 Å². The molecule has 1 N–H and O–H groups in total. The third-order valence-corrected chi connectivity index (χ3v) is 1.75. The number of benzene rings is 1. The first-order chi connectivity index (χ1) is 6.59. The third kappa shape index (κ3) is 4.92. The number of carboxylic acids is 1. The van der Waals surface area contributed by atoms with E-state index >= 15 is 0 Å². The fourth-order valence-electron chi connectivity index (χ4n) is 1.08. The van der Waals surface area contributed by atoms with Gasteiger partial charge in [0.15, 0.2) is 0 Å². The van der Waals surface area contributed by atoms with Gasteiger partial charge >= 0.3 is 35.5 Å². The Morgan fingerprint density at radius 1 is 1.53 bits per heavy atom. The van der Waals surface area contributed by atoms with Crippen molar-refractivity contribution in [1.29, 1.82) is 0 Å². The van der Waals surface area contributed by atoms with Crippen molar-refractivity contribution in [2.45, 2.75) is 12.8 Å². The molecule has 0 saturated carbocycles. The molecule has 0 aliphatic heterocycles. The maximum Gasteiger partial charge on any atom is 1.00 e. The molecule has 0 aliphatic rings. The van der Waals surface area contributed by atoms with E-state index in [1.165, 1.54) is 12.1 Å². The van der Waals surface area contributed by atoms with E-state index in [2.05, 4.69) is 0 Å². The molecule has 76 valence electrons. The number of nitrogens with zero attached hydrogens (tertiary/aromatic N) is 1. The maximum absolute atomic E-state index is 10.4. The molecule has 0 atom stereocenters. The second-order valence-electron chi connectivity index (χ2n) is 2.82.